The summed E-state index contributed by atoms with van der Waals surface area (Å²) in [5.41, 5.74) is 12.6. The zero-order chi connectivity index (χ0) is 13.9. The molecule has 0 unspecified atom stereocenters. The number of aryl methyl sites for hydroxylation is 1. The summed E-state index contributed by atoms with van der Waals surface area (Å²) in [4.78, 5) is 2.96. The molecular formula is C15H22N4. The highest BCUT2D eigenvalue weighted by atomic mass is 15.1. The molecule has 4 heteroatoms. The lowest BCUT2D eigenvalue weighted by Gasteiger charge is -2.24. The molecule has 0 saturated heterocycles. The van der Waals surface area contributed by atoms with E-state index in [0.29, 0.717) is 0 Å². The number of hydrogen-bond donors (Lipinski definition) is 1. The lowest BCUT2D eigenvalue weighted by molar-refractivity contribution is 0.424. The van der Waals surface area contributed by atoms with Crippen molar-refractivity contribution in [3.8, 4) is 0 Å². The minimum atomic E-state index is 0.0263. The third-order valence-corrected chi connectivity index (χ3v) is 3.50. The van der Waals surface area contributed by atoms with E-state index in [1.54, 1.807) is 0 Å². The van der Waals surface area contributed by atoms with Crippen molar-refractivity contribution in [2.45, 2.75) is 58.2 Å². The zero-order valence-electron chi connectivity index (χ0n) is 12.0. The van der Waals surface area contributed by atoms with E-state index in [1.165, 1.54) is 16.7 Å². The van der Waals surface area contributed by atoms with Crippen molar-refractivity contribution < 1.29 is 0 Å². The highest BCUT2D eigenvalue weighted by molar-refractivity contribution is 5.36. The monoisotopic (exact) mass is 258 g/mol. The summed E-state index contributed by atoms with van der Waals surface area (Å²) in [5, 5.41) is 7.40. The van der Waals surface area contributed by atoms with Crippen molar-refractivity contribution in [3.63, 3.8) is 0 Å². The number of fused-ring (bicyclic) bond motifs is 1. The van der Waals surface area contributed by atoms with E-state index in [1.807, 2.05) is 0 Å². The van der Waals surface area contributed by atoms with Gasteiger partial charge in [-0.3, -0.25) is 0 Å². The highest BCUT2D eigenvalue weighted by Crippen LogP contribution is 2.33. The van der Waals surface area contributed by atoms with E-state index in [4.69, 9.17) is 5.53 Å². The molecule has 0 amide bonds. The SMILES string of the molecule is CC(C)(C)NCc1ccc2c(c1)CCC[C@H]2N=[N+]=[N-]. The van der Waals surface area contributed by atoms with Gasteiger partial charge in [-0.15, -0.1) is 0 Å². The van der Waals surface area contributed by atoms with Crippen LogP contribution in [-0.2, 0) is 13.0 Å². The first kappa shape index (κ1) is 13.9. The number of benzene rings is 1. The van der Waals surface area contributed by atoms with Gasteiger partial charge in [0.2, 0.25) is 0 Å². The van der Waals surface area contributed by atoms with E-state index >= 15 is 0 Å². The minimum Gasteiger partial charge on any atom is -0.308 e. The number of nitrogens with zero attached hydrogens (tertiary/aromatic N) is 3. The number of hydrogen-bond acceptors (Lipinski definition) is 2. The van der Waals surface area contributed by atoms with Gasteiger partial charge in [0, 0.05) is 17.0 Å². The van der Waals surface area contributed by atoms with Crippen LogP contribution in [0.3, 0.4) is 0 Å². The van der Waals surface area contributed by atoms with Gasteiger partial charge in [-0.25, -0.2) is 0 Å². The first-order valence-corrected chi connectivity index (χ1v) is 6.90. The molecule has 1 aliphatic carbocycles. The van der Waals surface area contributed by atoms with Crippen LogP contribution in [0.25, 0.3) is 10.4 Å². The Morgan fingerprint density at radius 3 is 2.89 bits per heavy atom. The predicted octanol–water partition coefficient (Wildman–Crippen LogP) is 4.26. The molecule has 1 aromatic carbocycles. The van der Waals surface area contributed by atoms with Crippen molar-refractivity contribution in [2.75, 3.05) is 0 Å². The van der Waals surface area contributed by atoms with Gasteiger partial charge in [0.05, 0.1) is 6.04 Å². The Labute approximate surface area is 114 Å². The maximum Gasteiger partial charge on any atom is 0.0628 e. The molecule has 102 valence electrons. The Bertz CT molecular complexity index is 495. The highest BCUT2D eigenvalue weighted by Gasteiger charge is 2.19. The molecule has 0 radical (unpaired) electrons. The van der Waals surface area contributed by atoms with Gasteiger partial charge in [0.1, 0.15) is 0 Å². The van der Waals surface area contributed by atoms with Crippen LogP contribution in [0.2, 0.25) is 0 Å². The molecular weight excluding hydrogens is 236 g/mol. The summed E-state index contributed by atoms with van der Waals surface area (Å²) in [7, 11) is 0. The maximum absolute atomic E-state index is 8.62. The predicted molar refractivity (Wildman–Crippen MR) is 77.9 cm³/mol. The van der Waals surface area contributed by atoms with Crippen LogP contribution >= 0.6 is 0 Å². The fourth-order valence-corrected chi connectivity index (χ4v) is 2.50. The smallest absolute Gasteiger partial charge is 0.0628 e. The molecule has 1 atom stereocenters. The normalized spacial score (nSPS) is 18.6. The topological polar surface area (TPSA) is 60.8 Å². The van der Waals surface area contributed by atoms with Crippen LogP contribution in [0.1, 0.15) is 56.3 Å². The molecule has 0 aromatic heterocycles. The van der Waals surface area contributed by atoms with Crippen LogP contribution in [-0.4, -0.2) is 5.54 Å². The molecule has 0 aliphatic heterocycles. The summed E-state index contributed by atoms with van der Waals surface area (Å²) in [6, 6.07) is 6.56. The maximum atomic E-state index is 8.62. The molecule has 2 rings (SSSR count). The molecule has 0 bridgehead atoms. The summed E-state index contributed by atoms with van der Waals surface area (Å²) < 4.78 is 0. The Balaban J connectivity index is 2.17. The lowest BCUT2D eigenvalue weighted by Crippen LogP contribution is -2.35. The molecule has 1 aromatic rings. The average Bonchev–Trinajstić information content (AvgIpc) is 2.36. The van der Waals surface area contributed by atoms with Crippen LogP contribution < -0.4 is 5.32 Å². The van der Waals surface area contributed by atoms with Gasteiger partial charge in [0.25, 0.3) is 0 Å². The van der Waals surface area contributed by atoms with Gasteiger partial charge in [-0.1, -0.05) is 23.3 Å². The van der Waals surface area contributed by atoms with E-state index in [2.05, 4.69) is 54.3 Å². The van der Waals surface area contributed by atoms with Gasteiger partial charge < -0.3 is 5.32 Å². The second-order valence-corrected chi connectivity index (χ2v) is 6.25. The zero-order valence-corrected chi connectivity index (χ0v) is 12.0. The first-order chi connectivity index (χ1) is 8.99. The van der Waals surface area contributed by atoms with E-state index in [9.17, 15) is 0 Å². The fourth-order valence-electron chi connectivity index (χ4n) is 2.50. The average molecular weight is 258 g/mol. The van der Waals surface area contributed by atoms with Crippen molar-refractivity contribution in [1.82, 2.24) is 5.32 Å². The second kappa shape index (κ2) is 5.64. The molecule has 19 heavy (non-hydrogen) atoms. The first-order valence-electron chi connectivity index (χ1n) is 6.90. The summed E-state index contributed by atoms with van der Waals surface area (Å²) in [6.07, 6.45) is 3.17. The molecule has 1 aliphatic rings. The fraction of sp³-hybridized carbons (Fsp3) is 0.600. The Hall–Kier alpha value is -1.51. The van der Waals surface area contributed by atoms with Crippen molar-refractivity contribution in [1.29, 1.82) is 0 Å². The molecule has 0 heterocycles. The third-order valence-electron chi connectivity index (χ3n) is 3.50. The Morgan fingerprint density at radius 1 is 1.42 bits per heavy atom. The molecule has 0 spiro atoms. The molecule has 4 nitrogen and oxygen atoms in total. The van der Waals surface area contributed by atoms with Crippen LogP contribution in [0, 0.1) is 0 Å². The minimum absolute atomic E-state index is 0.0263. The molecule has 0 saturated carbocycles. The van der Waals surface area contributed by atoms with Crippen molar-refractivity contribution in [3.05, 3.63) is 45.3 Å². The van der Waals surface area contributed by atoms with Gasteiger partial charge in [-0.05, 0) is 62.3 Å². The van der Waals surface area contributed by atoms with E-state index in [0.717, 1.165) is 25.8 Å². The van der Waals surface area contributed by atoms with E-state index < -0.39 is 0 Å². The number of rotatable bonds is 3. The van der Waals surface area contributed by atoms with Crippen LogP contribution in [0.5, 0.6) is 0 Å². The third kappa shape index (κ3) is 3.72. The second-order valence-electron chi connectivity index (χ2n) is 6.25. The Morgan fingerprint density at radius 2 is 2.21 bits per heavy atom. The van der Waals surface area contributed by atoms with Crippen molar-refractivity contribution in [2.24, 2.45) is 5.11 Å². The Kier molecular flexibility index (Phi) is 4.13. The van der Waals surface area contributed by atoms with Crippen LogP contribution in [0.4, 0.5) is 0 Å². The number of azide groups is 1. The van der Waals surface area contributed by atoms with Gasteiger partial charge in [0.15, 0.2) is 0 Å². The van der Waals surface area contributed by atoms with Gasteiger partial charge >= 0.3 is 0 Å². The van der Waals surface area contributed by atoms with Crippen molar-refractivity contribution >= 4 is 0 Å². The van der Waals surface area contributed by atoms with E-state index in [-0.39, 0.29) is 11.6 Å². The number of nitrogens with one attached hydrogen (secondary N) is 1. The largest absolute Gasteiger partial charge is 0.308 e. The van der Waals surface area contributed by atoms with Gasteiger partial charge in [-0.2, -0.15) is 0 Å². The summed E-state index contributed by atoms with van der Waals surface area (Å²) in [5.74, 6) is 0. The summed E-state index contributed by atoms with van der Waals surface area (Å²) >= 11 is 0. The standard InChI is InChI=1S/C15H22N4/c1-15(2,3)17-10-11-7-8-13-12(9-11)5-4-6-14(13)18-19-16/h7-9,14,17H,4-6,10H2,1-3H3/t14-/m1/s1. The van der Waals surface area contributed by atoms with Crippen LogP contribution in [0.15, 0.2) is 23.3 Å². The molecule has 1 N–H and O–H groups in total. The lowest BCUT2D eigenvalue weighted by atomic mass is 9.87. The summed E-state index contributed by atoms with van der Waals surface area (Å²) in [6.45, 7) is 7.39. The molecule has 0 fully saturated rings. The quantitative estimate of drug-likeness (QED) is 0.491.